The quantitative estimate of drug-likeness (QED) is 0.764. The summed E-state index contributed by atoms with van der Waals surface area (Å²) in [7, 11) is 2.22. The molecule has 0 spiro atoms. The Bertz CT molecular complexity index is 873. The number of hydrogen-bond donors (Lipinski definition) is 1. The molecule has 0 aromatic carbocycles. The Labute approximate surface area is 154 Å². The Hall–Kier alpha value is -2.40. The summed E-state index contributed by atoms with van der Waals surface area (Å²) < 4.78 is 6.25. The second kappa shape index (κ2) is 7.08. The van der Waals surface area contributed by atoms with Crippen LogP contribution in [0.2, 0.25) is 0 Å². The molecule has 1 aliphatic rings. The van der Waals surface area contributed by atoms with E-state index in [0.717, 1.165) is 47.3 Å². The van der Waals surface area contributed by atoms with Gasteiger partial charge in [-0.2, -0.15) is 0 Å². The maximum Gasteiger partial charge on any atom is 0.138 e. The third-order valence-corrected chi connectivity index (χ3v) is 5.62. The van der Waals surface area contributed by atoms with Gasteiger partial charge in [0, 0.05) is 35.4 Å². The first-order valence-corrected chi connectivity index (χ1v) is 9.42. The van der Waals surface area contributed by atoms with Crippen molar-refractivity contribution in [3.8, 4) is 17.0 Å². The number of aromatic amines is 1. The summed E-state index contributed by atoms with van der Waals surface area (Å²) in [6, 6.07) is 9.30. The minimum atomic E-state index is 0.261. The standard InChI is InChI=1S/C21H26N4O/c1-4-17-11-19(9-14(2)25(17)3)26-18-5-6-20(23-13-18)16-10-15-7-8-22-21(15)24-12-16/h5-8,10,12-14,17,19H,4,9,11H2,1-3H3,(H,22,24)/t14?,17?,19-/m1/s1. The molecular weight excluding hydrogens is 324 g/mol. The number of pyridine rings is 2. The van der Waals surface area contributed by atoms with Gasteiger partial charge in [-0.15, -0.1) is 0 Å². The molecule has 0 bridgehead atoms. The molecule has 5 heteroatoms. The average molecular weight is 350 g/mol. The molecule has 0 amide bonds. The zero-order valence-electron chi connectivity index (χ0n) is 15.6. The number of aromatic nitrogens is 3. The maximum atomic E-state index is 6.25. The number of likely N-dealkylation sites (tertiary alicyclic amines) is 1. The molecular formula is C21H26N4O. The van der Waals surface area contributed by atoms with Crippen molar-refractivity contribution in [1.82, 2.24) is 19.9 Å². The van der Waals surface area contributed by atoms with Gasteiger partial charge < -0.3 is 14.6 Å². The number of nitrogens with zero attached hydrogens (tertiary/aromatic N) is 3. The molecule has 0 saturated carbocycles. The number of fused-ring (bicyclic) bond motifs is 1. The average Bonchev–Trinajstić information content (AvgIpc) is 3.13. The van der Waals surface area contributed by atoms with Gasteiger partial charge in [0.15, 0.2) is 0 Å². The molecule has 136 valence electrons. The fraction of sp³-hybridized carbons (Fsp3) is 0.429. The van der Waals surface area contributed by atoms with Crippen LogP contribution in [0.1, 0.15) is 33.1 Å². The Morgan fingerprint density at radius 2 is 2.08 bits per heavy atom. The fourth-order valence-corrected chi connectivity index (χ4v) is 3.92. The molecule has 1 fully saturated rings. The van der Waals surface area contributed by atoms with E-state index in [1.54, 1.807) is 0 Å². The molecule has 0 aliphatic carbocycles. The molecule has 3 aromatic rings. The van der Waals surface area contributed by atoms with Gasteiger partial charge in [-0.25, -0.2) is 4.98 Å². The van der Waals surface area contributed by atoms with Gasteiger partial charge in [0.1, 0.15) is 17.5 Å². The molecule has 4 heterocycles. The van der Waals surface area contributed by atoms with E-state index in [1.807, 2.05) is 36.8 Å². The van der Waals surface area contributed by atoms with Gasteiger partial charge in [-0.05, 0) is 57.5 Å². The van der Waals surface area contributed by atoms with Gasteiger partial charge in [-0.3, -0.25) is 4.98 Å². The van der Waals surface area contributed by atoms with Crippen molar-refractivity contribution < 1.29 is 4.74 Å². The van der Waals surface area contributed by atoms with Crippen molar-refractivity contribution in [2.75, 3.05) is 7.05 Å². The third-order valence-electron chi connectivity index (χ3n) is 5.62. The van der Waals surface area contributed by atoms with Crippen LogP contribution in [-0.4, -0.2) is 45.1 Å². The highest BCUT2D eigenvalue weighted by atomic mass is 16.5. The van der Waals surface area contributed by atoms with Gasteiger partial charge in [-0.1, -0.05) is 6.92 Å². The SMILES string of the molecule is CCC1C[C@H](Oc2ccc(-c3cnc4[nH]ccc4c3)nc2)CC(C)N1C. The topological polar surface area (TPSA) is 54.0 Å². The lowest BCUT2D eigenvalue weighted by Crippen LogP contribution is -2.48. The number of ether oxygens (including phenoxy) is 1. The molecule has 5 nitrogen and oxygen atoms in total. The largest absolute Gasteiger partial charge is 0.489 e. The summed E-state index contributed by atoms with van der Waals surface area (Å²) >= 11 is 0. The molecule has 3 aromatic heterocycles. The van der Waals surface area contributed by atoms with Gasteiger partial charge in [0.2, 0.25) is 0 Å². The number of H-pyrrole nitrogens is 1. The lowest BCUT2D eigenvalue weighted by molar-refractivity contribution is 0.0342. The maximum absolute atomic E-state index is 6.25. The highest BCUT2D eigenvalue weighted by Crippen LogP contribution is 2.28. The van der Waals surface area contributed by atoms with Crippen LogP contribution in [0.15, 0.2) is 42.9 Å². The van der Waals surface area contributed by atoms with Gasteiger partial charge in [0.05, 0.1) is 11.9 Å². The summed E-state index contributed by atoms with van der Waals surface area (Å²) in [5.41, 5.74) is 2.83. The Balaban J connectivity index is 1.47. The fourth-order valence-electron chi connectivity index (χ4n) is 3.92. The first-order valence-electron chi connectivity index (χ1n) is 9.42. The molecule has 1 aliphatic heterocycles. The van der Waals surface area contributed by atoms with Gasteiger partial charge >= 0.3 is 0 Å². The van der Waals surface area contributed by atoms with Crippen LogP contribution in [0.5, 0.6) is 5.75 Å². The van der Waals surface area contributed by atoms with Crippen molar-refractivity contribution in [3.63, 3.8) is 0 Å². The molecule has 1 saturated heterocycles. The summed E-state index contributed by atoms with van der Waals surface area (Å²) in [6.07, 6.45) is 9.14. The molecule has 2 unspecified atom stereocenters. The van der Waals surface area contributed by atoms with Crippen LogP contribution in [-0.2, 0) is 0 Å². The van der Waals surface area contributed by atoms with E-state index >= 15 is 0 Å². The number of hydrogen-bond acceptors (Lipinski definition) is 4. The van der Waals surface area contributed by atoms with Crippen LogP contribution in [0.25, 0.3) is 22.3 Å². The molecule has 26 heavy (non-hydrogen) atoms. The van der Waals surface area contributed by atoms with E-state index in [2.05, 4.69) is 46.8 Å². The van der Waals surface area contributed by atoms with Crippen LogP contribution < -0.4 is 4.74 Å². The highest BCUT2D eigenvalue weighted by Gasteiger charge is 2.31. The van der Waals surface area contributed by atoms with Crippen molar-refractivity contribution in [2.24, 2.45) is 0 Å². The van der Waals surface area contributed by atoms with E-state index in [1.165, 1.54) is 0 Å². The van der Waals surface area contributed by atoms with E-state index in [9.17, 15) is 0 Å². The smallest absolute Gasteiger partial charge is 0.138 e. The van der Waals surface area contributed by atoms with Crippen LogP contribution in [0.4, 0.5) is 0 Å². The predicted molar refractivity (Wildman–Crippen MR) is 104 cm³/mol. The Kier molecular flexibility index (Phi) is 4.64. The summed E-state index contributed by atoms with van der Waals surface area (Å²) in [6.45, 7) is 4.53. The summed E-state index contributed by atoms with van der Waals surface area (Å²) in [5, 5.41) is 1.09. The van der Waals surface area contributed by atoms with E-state index in [4.69, 9.17) is 4.74 Å². The molecule has 1 N–H and O–H groups in total. The van der Waals surface area contributed by atoms with E-state index in [-0.39, 0.29) is 6.10 Å². The second-order valence-corrected chi connectivity index (χ2v) is 7.31. The normalized spacial score (nSPS) is 24.0. The highest BCUT2D eigenvalue weighted by molar-refractivity contribution is 5.80. The van der Waals surface area contributed by atoms with E-state index in [0.29, 0.717) is 12.1 Å². The Morgan fingerprint density at radius 1 is 1.19 bits per heavy atom. The van der Waals surface area contributed by atoms with Crippen molar-refractivity contribution >= 4 is 11.0 Å². The lowest BCUT2D eigenvalue weighted by atomic mass is 9.93. The van der Waals surface area contributed by atoms with Crippen LogP contribution in [0, 0.1) is 0 Å². The molecule has 4 rings (SSSR count). The Morgan fingerprint density at radius 3 is 2.85 bits per heavy atom. The number of nitrogens with one attached hydrogen (secondary N) is 1. The zero-order valence-corrected chi connectivity index (χ0v) is 15.6. The first kappa shape index (κ1) is 17.0. The monoisotopic (exact) mass is 350 g/mol. The van der Waals surface area contributed by atoms with Crippen molar-refractivity contribution in [3.05, 3.63) is 42.9 Å². The molecule has 3 atom stereocenters. The summed E-state index contributed by atoms with van der Waals surface area (Å²) in [4.78, 5) is 14.6. The predicted octanol–water partition coefficient (Wildman–Crippen LogP) is 4.27. The van der Waals surface area contributed by atoms with Gasteiger partial charge in [0.25, 0.3) is 0 Å². The second-order valence-electron chi connectivity index (χ2n) is 7.31. The number of rotatable bonds is 4. The van der Waals surface area contributed by atoms with Crippen molar-refractivity contribution in [2.45, 2.75) is 51.3 Å². The van der Waals surface area contributed by atoms with Crippen LogP contribution in [0.3, 0.4) is 0 Å². The summed E-state index contributed by atoms with van der Waals surface area (Å²) in [5.74, 6) is 0.848. The zero-order chi connectivity index (χ0) is 18.1. The first-order chi connectivity index (χ1) is 12.6. The van der Waals surface area contributed by atoms with Crippen molar-refractivity contribution in [1.29, 1.82) is 0 Å². The minimum absolute atomic E-state index is 0.261. The number of piperidine rings is 1. The van der Waals surface area contributed by atoms with E-state index < -0.39 is 0 Å². The lowest BCUT2D eigenvalue weighted by Gasteiger charge is -2.41. The third kappa shape index (κ3) is 3.31. The van der Waals surface area contributed by atoms with Crippen LogP contribution >= 0.6 is 0 Å². The minimum Gasteiger partial charge on any atom is -0.489 e. The molecule has 0 radical (unpaired) electrons.